The maximum Gasteiger partial charge on any atom is 0.239 e. The lowest BCUT2D eigenvalue weighted by Gasteiger charge is -2.38. The topological polar surface area (TPSA) is 170 Å². The third-order valence-electron chi connectivity index (χ3n) is 5.09. The molecular formula is C21H20O10. The van der Waals surface area contributed by atoms with Gasteiger partial charge in [0.2, 0.25) is 17.5 Å². The van der Waals surface area contributed by atoms with E-state index in [4.69, 9.17) is 13.9 Å². The molecular weight excluding hydrogens is 412 g/mol. The van der Waals surface area contributed by atoms with Crippen LogP contribution in [-0.4, -0.2) is 61.3 Å². The lowest BCUT2D eigenvalue weighted by atomic mass is 10.00. The number of phenols is 3. The molecule has 10 nitrogen and oxygen atoms in total. The van der Waals surface area contributed by atoms with E-state index in [1.165, 1.54) is 31.2 Å². The van der Waals surface area contributed by atoms with E-state index >= 15 is 0 Å². The highest BCUT2D eigenvalue weighted by Crippen LogP contribution is 2.37. The molecule has 0 bridgehead atoms. The Kier molecular flexibility index (Phi) is 5.23. The molecule has 1 aromatic heterocycles. The number of aliphatic hydroxyl groups is 3. The second-order valence-electron chi connectivity index (χ2n) is 7.27. The molecule has 5 atom stereocenters. The van der Waals surface area contributed by atoms with E-state index in [-0.39, 0.29) is 28.2 Å². The van der Waals surface area contributed by atoms with E-state index in [0.29, 0.717) is 5.56 Å². The van der Waals surface area contributed by atoms with Gasteiger partial charge in [-0.1, -0.05) is 0 Å². The predicted octanol–water partition coefficient (Wildman–Crippen LogP) is 0.783. The molecule has 4 rings (SSSR count). The minimum atomic E-state index is -1.69. The SMILES string of the molecule is C[C@H]1OC(Oc2c(-c3ccc(O)cc3)oc3cc(O)cc(O)c3c2=O)[C@@H](O)[C@@H](O)[C@@H]1O. The van der Waals surface area contributed by atoms with Gasteiger partial charge in [0.05, 0.1) is 6.10 Å². The van der Waals surface area contributed by atoms with Crippen LogP contribution in [0.4, 0.5) is 0 Å². The fourth-order valence-electron chi connectivity index (χ4n) is 3.41. The van der Waals surface area contributed by atoms with Gasteiger partial charge >= 0.3 is 0 Å². The maximum atomic E-state index is 13.2. The summed E-state index contributed by atoms with van der Waals surface area (Å²) in [4.78, 5) is 13.2. The molecule has 0 saturated carbocycles. The van der Waals surface area contributed by atoms with Gasteiger partial charge in [-0.05, 0) is 31.2 Å². The summed E-state index contributed by atoms with van der Waals surface area (Å²) in [5.74, 6) is -1.51. The molecule has 6 N–H and O–H groups in total. The lowest BCUT2D eigenvalue weighted by molar-refractivity contribution is -0.268. The van der Waals surface area contributed by atoms with Crippen LogP contribution in [0.3, 0.4) is 0 Å². The number of ether oxygens (including phenoxy) is 2. The fourth-order valence-corrected chi connectivity index (χ4v) is 3.41. The third-order valence-corrected chi connectivity index (χ3v) is 5.09. The van der Waals surface area contributed by atoms with Gasteiger partial charge in [0.1, 0.15) is 46.5 Å². The van der Waals surface area contributed by atoms with Crippen molar-refractivity contribution in [3.63, 3.8) is 0 Å². The lowest BCUT2D eigenvalue weighted by Crippen LogP contribution is -2.58. The van der Waals surface area contributed by atoms with Crippen molar-refractivity contribution in [1.29, 1.82) is 0 Å². The first-order chi connectivity index (χ1) is 14.7. The van der Waals surface area contributed by atoms with E-state index < -0.39 is 47.6 Å². The zero-order valence-corrected chi connectivity index (χ0v) is 16.2. The number of hydrogen-bond donors (Lipinski definition) is 6. The van der Waals surface area contributed by atoms with Crippen molar-refractivity contribution < 1.29 is 44.5 Å². The van der Waals surface area contributed by atoms with Gasteiger partial charge in [0, 0.05) is 17.7 Å². The molecule has 2 aromatic carbocycles. The van der Waals surface area contributed by atoms with Crippen molar-refractivity contribution in [2.75, 3.05) is 0 Å². The van der Waals surface area contributed by atoms with Crippen molar-refractivity contribution in [3.8, 4) is 34.3 Å². The second kappa shape index (κ2) is 7.75. The Balaban J connectivity index is 1.90. The van der Waals surface area contributed by atoms with Gasteiger partial charge in [-0.2, -0.15) is 0 Å². The maximum absolute atomic E-state index is 13.2. The summed E-state index contributed by atoms with van der Waals surface area (Å²) in [6.45, 7) is 1.45. The van der Waals surface area contributed by atoms with E-state index in [0.717, 1.165) is 12.1 Å². The number of phenolic OH excluding ortho intramolecular Hbond substituents is 3. The molecule has 1 saturated heterocycles. The molecule has 1 fully saturated rings. The Morgan fingerprint density at radius 3 is 2.26 bits per heavy atom. The Morgan fingerprint density at radius 1 is 0.903 bits per heavy atom. The molecule has 164 valence electrons. The highest BCUT2D eigenvalue weighted by Gasteiger charge is 2.44. The van der Waals surface area contributed by atoms with Crippen LogP contribution in [0, 0.1) is 0 Å². The average molecular weight is 432 g/mol. The van der Waals surface area contributed by atoms with Gasteiger partial charge in [-0.15, -0.1) is 0 Å². The van der Waals surface area contributed by atoms with Crippen LogP contribution in [0.15, 0.2) is 45.6 Å². The zero-order chi connectivity index (χ0) is 22.4. The van der Waals surface area contributed by atoms with Crippen LogP contribution >= 0.6 is 0 Å². The molecule has 0 spiro atoms. The highest BCUT2D eigenvalue weighted by molar-refractivity contribution is 5.88. The first-order valence-corrected chi connectivity index (χ1v) is 9.36. The molecule has 2 heterocycles. The van der Waals surface area contributed by atoms with Crippen molar-refractivity contribution in [2.45, 2.75) is 37.6 Å². The fraction of sp³-hybridized carbons (Fsp3) is 0.286. The number of hydrogen-bond acceptors (Lipinski definition) is 10. The smallest absolute Gasteiger partial charge is 0.239 e. The quantitative estimate of drug-likeness (QED) is 0.348. The Labute approximate surface area is 174 Å². The minimum absolute atomic E-state index is 0.0402. The average Bonchev–Trinajstić information content (AvgIpc) is 2.72. The zero-order valence-electron chi connectivity index (χ0n) is 16.2. The van der Waals surface area contributed by atoms with Crippen LogP contribution in [0.5, 0.6) is 23.0 Å². The summed E-state index contributed by atoms with van der Waals surface area (Å²) in [6.07, 6.45) is -7.11. The van der Waals surface area contributed by atoms with Crippen molar-refractivity contribution in [3.05, 3.63) is 46.6 Å². The molecule has 31 heavy (non-hydrogen) atoms. The van der Waals surface area contributed by atoms with Crippen molar-refractivity contribution >= 4 is 11.0 Å². The molecule has 0 radical (unpaired) electrons. The number of fused-ring (bicyclic) bond motifs is 1. The Hall–Kier alpha value is -3.31. The second-order valence-corrected chi connectivity index (χ2v) is 7.27. The van der Waals surface area contributed by atoms with Crippen molar-refractivity contribution in [2.24, 2.45) is 0 Å². The van der Waals surface area contributed by atoms with Crippen molar-refractivity contribution in [1.82, 2.24) is 0 Å². The first kappa shape index (κ1) is 20.9. The number of aliphatic hydroxyl groups excluding tert-OH is 3. The molecule has 1 aliphatic rings. The Morgan fingerprint density at radius 2 is 1.58 bits per heavy atom. The van der Waals surface area contributed by atoms with Crippen LogP contribution in [0.25, 0.3) is 22.3 Å². The highest BCUT2D eigenvalue weighted by atomic mass is 16.7. The van der Waals surface area contributed by atoms with Gasteiger partial charge in [0.25, 0.3) is 0 Å². The third kappa shape index (κ3) is 3.66. The van der Waals surface area contributed by atoms with E-state index in [9.17, 15) is 35.4 Å². The van der Waals surface area contributed by atoms with Crippen LogP contribution in [0.1, 0.15) is 6.92 Å². The van der Waals surface area contributed by atoms with Gasteiger partial charge in [-0.3, -0.25) is 4.79 Å². The summed E-state index contributed by atoms with van der Waals surface area (Å²) in [7, 11) is 0. The van der Waals surface area contributed by atoms with E-state index in [2.05, 4.69) is 0 Å². The number of rotatable bonds is 3. The summed E-state index contributed by atoms with van der Waals surface area (Å²) >= 11 is 0. The molecule has 0 aliphatic carbocycles. The van der Waals surface area contributed by atoms with Crippen LogP contribution < -0.4 is 10.2 Å². The van der Waals surface area contributed by atoms with Gasteiger partial charge in [0.15, 0.2) is 5.76 Å². The first-order valence-electron chi connectivity index (χ1n) is 9.36. The van der Waals surface area contributed by atoms with Gasteiger partial charge < -0.3 is 44.5 Å². The normalized spacial score (nSPS) is 26.1. The predicted molar refractivity (Wildman–Crippen MR) is 106 cm³/mol. The van der Waals surface area contributed by atoms with E-state index in [1.54, 1.807) is 0 Å². The summed E-state index contributed by atoms with van der Waals surface area (Å²) in [6, 6.07) is 7.66. The molecule has 10 heteroatoms. The summed E-state index contributed by atoms with van der Waals surface area (Å²) in [5, 5.41) is 59.4. The molecule has 3 aromatic rings. The number of benzene rings is 2. The minimum Gasteiger partial charge on any atom is -0.508 e. The Bertz CT molecular complexity index is 1170. The van der Waals surface area contributed by atoms with Crippen LogP contribution in [-0.2, 0) is 4.74 Å². The molecule has 0 amide bonds. The molecule has 1 aliphatic heterocycles. The van der Waals surface area contributed by atoms with Gasteiger partial charge in [-0.25, -0.2) is 0 Å². The standard InChI is InChI=1S/C21H20O10/c1-8-15(25)17(27)18(28)21(29-8)31-20-16(26)14-12(24)6-11(23)7-13(14)30-19(20)9-2-4-10(22)5-3-9/h2-8,15,17-18,21-25,27-28H,1H3/t8-,15-,17+,18+,21?/m1/s1. The monoisotopic (exact) mass is 432 g/mol. The number of aromatic hydroxyl groups is 3. The summed E-state index contributed by atoms with van der Waals surface area (Å²) in [5.41, 5.74) is -0.661. The summed E-state index contributed by atoms with van der Waals surface area (Å²) < 4.78 is 16.8. The van der Waals surface area contributed by atoms with E-state index in [1.807, 2.05) is 0 Å². The largest absolute Gasteiger partial charge is 0.508 e. The van der Waals surface area contributed by atoms with Crippen LogP contribution in [0.2, 0.25) is 0 Å². The molecule has 1 unspecified atom stereocenters.